The van der Waals surface area contributed by atoms with Crippen LogP contribution < -0.4 is 5.32 Å². The van der Waals surface area contributed by atoms with E-state index in [2.05, 4.69) is 5.32 Å². The van der Waals surface area contributed by atoms with E-state index in [0.29, 0.717) is 27.4 Å². The van der Waals surface area contributed by atoms with E-state index in [0.717, 1.165) is 0 Å². The Labute approximate surface area is 119 Å². The molecule has 0 bridgehead atoms. The van der Waals surface area contributed by atoms with Crippen LogP contribution >= 0.6 is 11.6 Å². The van der Waals surface area contributed by atoms with Crippen LogP contribution in [0.25, 0.3) is 0 Å². The van der Waals surface area contributed by atoms with Crippen molar-refractivity contribution in [2.24, 2.45) is 0 Å². The minimum atomic E-state index is -0.670. The number of hydrogen-bond donors (Lipinski definition) is 1. The molecule has 0 fully saturated rings. The first kappa shape index (κ1) is 12.6. The lowest BCUT2D eigenvalue weighted by molar-refractivity contribution is -0.112. The maximum Gasteiger partial charge on any atom is 0.296 e. The van der Waals surface area contributed by atoms with E-state index in [9.17, 15) is 14.4 Å². The van der Waals surface area contributed by atoms with Gasteiger partial charge < -0.3 is 5.32 Å². The highest BCUT2D eigenvalue weighted by atomic mass is 35.5. The van der Waals surface area contributed by atoms with Crippen molar-refractivity contribution in [1.29, 1.82) is 0 Å². The van der Waals surface area contributed by atoms with Crippen LogP contribution in [-0.2, 0) is 4.79 Å². The molecule has 1 amide bonds. The van der Waals surface area contributed by atoms with E-state index in [-0.39, 0.29) is 5.78 Å². The fourth-order valence-corrected chi connectivity index (χ4v) is 2.18. The van der Waals surface area contributed by atoms with Crippen molar-refractivity contribution in [2.75, 3.05) is 5.32 Å². The van der Waals surface area contributed by atoms with Crippen molar-refractivity contribution in [3.8, 4) is 0 Å². The molecule has 4 nitrogen and oxygen atoms in total. The number of carbonyl (C=O) groups is 3. The molecule has 0 atom stereocenters. The third-order valence-corrected chi connectivity index (χ3v) is 3.34. The lowest BCUT2D eigenvalue weighted by Gasteiger charge is -2.03. The Morgan fingerprint density at radius 1 is 0.950 bits per heavy atom. The van der Waals surface area contributed by atoms with Gasteiger partial charge in [-0.3, -0.25) is 14.4 Å². The Balaban J connectivity index is 1.98. The molecule has 5 heteroatoms. The summed E-state index contributed by atoms with van der Waals surface area (Å²) in [7, 11) is 0. The molecular weight excluding hydrogens is 278 g/mol. The first-order valence-corrected chi connectivity index (χ1v) is 6.24. The first-order valence-electron chi connectivity index (χ1n) is 5.86. The third-order valence-electron chi connectivity index (χ3n) is 3.09. The number of rotatable bonds is 2. The molecule has 98 valence electrons. The fraction of sp³-hybridized carbons (Fsp3) is 0. The smallest absolute Gasteiger partial charge is 0.296 e. The van der Waals surface area contributed by atoms with Gasteiger partial charge >= 0.3 is 0 Å². The summed E-state index contributed by atoms with van der Waals surface area (Å²) < 4.78 is 0. The summed E-state index contributed by atoms with van der Waals surface area (Å²) in [6, 6.07) is 11.0. The molecule has 3 rings (SSSR count). The van der Waals surface area contributed by atoms with Gasteiger partial charge in [-0.2, -0.15) is 0 Å². The lowest BCUT2D eigenvalue weighted by atomic mass is 10.0. The maximum absolute atomic E-state index is 12.3. The predicted molar refractivity (Wildman–Crippen MR) is 74.3 cm³/mol. The average Bonchev–Trinajstić information content (AvgIpc) is 2.74. The molecular formula is C15H8ClNO3. The highest BCUT2D eigenvalue weighted by molar-refractivity contribution is 6.51. The predicted octanol–water partition coefficient (Wildman–Crippen LogP) is 2.71. The van der Waals surface area contributed by atoms with Gasteiger partial charge in [0.2, 0.25) is 0 Å². The average molecular weight is 286 g/mol. The number of Topliss-reactive ketones (excluding diaryl/α,β-unsaturated/α-hetero) is 1. The number of halogens is 1. The number of hydrogen-bond acceptors (Lipinski definition) is 3. The van der Waals surface area contributed by atoms with Gasteiger partial charge in [0.25, 0.3) is 11.7 Å². The molecule has 0 saturated carbocycles. The van der Waals surface area contributed by atoms with Crippen LogP contribution in [0.3, 0.4) is 0 Å². The minimum Gasteiger partial charge on any atom is -0.318 e. The molecule has 0 spiro atoms. The van der Waals surface area contributed by atoms with E-state index < -0.39 is 11.7 Å². The van der Waals surface area contributed by atoms with Crippen molar-refractivity contribution in [3.05, 3.63) is 64.2 Å². The maximum atomic E-state index is 12.3. The Hall–Kier alpha value is -2.46. The third kappa shape index (κ3) is 2.00. The first-order chi connectivity index (χ1) is 9.56. The van der Waals surface area contributed by atoms with E-state index in [1.54, 1.807) is 24.3 Å². The second-order valence-electron chi connectivity index (χ2n) is 4.38. The Kier molecular flexibility index (Phi) is 2.88. The number of anilines is 1. The van der Waals surface area contributed by atoms with E-state index in [4.69, 9.17) is 11.6 Å². The van der Waals surface area contributed by atoms with Crippen molar-refractivity contribution in [2.45, 2.75) is 0 Å². The summed E-state index contributed by atoms with van der Waals surface area (Å²) in [4.78, 5) is 35.0. The van der Waals surface area contributed by atoms with Gasteiger partial charge in [0.1, 0.15) is 0 Å². The van der Waals surface area contributed by atoms with Gasteiger partial charge in [-0.25, -0.2) is 0 Å². The van der Waals surface area contributed by atoms with Crippen LogP contribution in [0.4, 0.5) is 5.69 Å². The molecule has 1 N–H and O–H groups in total. The summed E-state index contributed by atoms with van der Waals surface area (Å²) in [6.07, 6.45) is 0. The molecule has 1 aliphatic heterocycles. The van der Waals surface area contributed by atoms with Gasteiger partial charge in [-0.15, -0.1) is 0 Å². The summed E-state index contributed by atoms with van der Waals surface area (Å²) in [5.41, 5.74) is 1.56. The summed E-state index contributed by atoms with van der Waals surface area (Å²) in [6.45, 7) is 0. The number of benzene rings is 2. The Morgan fingerprint density at radius 3 is 2.30 bits per heavy atom. The van der Waals surface area contributed by atoms with Crippen molar-refractivity contribution >= 4 is 34.8 Å². The van der Waals surface area contributed by atoms with Gasteiger partial charge in [0.15, 0.2) is 5.78 Å². The minimum absolute atomic E-state index is 0.196. The molecule has 0 radical (unpaired) electrons. The van der Waals surface area contributed by atoms with Crippen LogP contribution in [-0.4, -0.2) is 17.5 Å². The topological polar surface area (TPSA) is 63.2 Å². The second-order valence-corrected chi connectivity index (χ2v) is 4.82. The van der Waals surface area contributed by atoms with Crippen LogP contribution in [0.15, 0.2) is 42.5 Å². The lowest BCUT2D eigenvalue weighted by Crippen LogP contribution is -2.12. The SMILES string of the molecule is O=C1Nc2cc(C(=O)c3ccc(Cl)cc3)ccc2C1=O. The number of ketones is 2. The number of amides is 1. The van der Waals surface area contributed by atoms with Crippen LogP contribution in [0.5, 0.6) is 0 Å². The van der Waals surface area contributed by atoms with E-state index >= 15 is 0 Å². The molecule has 0 saturated heterocycles. The standard InChI is InChI=1S/C15H8ClNO3/c16-10-4-1-8(2-5-10)13(18)9-3-6-11-12(7-9)17-15(20)14(11)19/h1-7H,(H,17,19,20). The molecule has 20 heavy (non-hydrogen) atoms. The fourth-order valence-electron chi connectivity index (χ4n) is 2.06. The van der Waals surface area contributed by atoms with Crippen LogP contribution in [0, 0.1) is 0 Å². The van der Waals surface area contributed by atoms with Gasteiger partial charge in [0.05, 0.1) is 11.3 Å². The number of nitrogens with one attached hydrogen (secondary N) is 1. The van der Waals surface area contributed by atoms with Crippen molar-refractivity contribution < 1.29 is 14.4 Å². The monoisotopic (exact) mass is 285 g/mol. The quantitative estimate of drug-likeness (QED) is 0.681. The van der Waals surface area contributed by atoms with Crippen molar-refractivity contribution in [1.82, 2.24) is 0 Å². The summed E-state index contributed by atoms with van der Waals surface area (Å²) >= 11 is 5.77. The molecule has 1 aliphatic rings. The van der Waals surface area contributed by atoms with Crippen molar-refractivity contribution in [3.63, 3.8) is 0 Å². The molecule has 2 aromatic rings. The zero-order valence-corrected chi connectivity index (χ0v) is 10.9. The molecule has 2 aromatic carbocycles. The Bertz CT molecular complexity index is 750. The number of fused-ring (bicyclic) bond motifs is 1. The van der Waals surface area contributed by atoms with Crippen LogP contribution in [0.2, 0.25) is 5.02 Å². The van der Waals surface area contributed by atoms with Gasteiger partial charge in [0, 0.05) is 16.1 Å². The highest BCUT2D eigenvalue weighted by Crippen LogP contribution is 2.25. The molecule has 0 aliphatic carbocycles. The van der Waals surface area contributed by atoms with E-state index in [1.165, 1.54) is 18.2 Å². The van der Waals surface area contributed by atoms with Crippen LogP contribution in [0.1, 0.15) is 26.3 Å². The summed E-state index contributed by atoms with van der Waals surface area (Å²) in [5, 5.41) is 2.99. The largest absolute Gasteiger partial charge is 0.318 e. The molecule has 0 unspecified atom stereocenters. The molecule has 0 aromatic heterocycles. The zero-order valence-electron chi connectivity index (χ0n) is 10.1. The van der Waals surface area contributed by atoms with Gasteiger partial charge in [-0.1, -0.05) is 17.7 Å². The highest BCUT2D eigenvalue weighted by Gasteiger charge is 2.28. The second kappa shape index (κ2) is 4.58. The van der Waals surface area contributed by atoms with E-state index in [1.807, 2.05) is 0 Å². The summed E-state index contributed by atoms with van der Waals surface area (Å²) in [5.74, 6) is -1.44. The van der Waals surface area contributed by atoms with Gasteiger partial charge in [-0.05, 0) is 36.4 Å². The zero-order chi connectivity index (χ0) is 14.3. The molecule has 1 heterocycles. The Morgan fingerprint density at radius 2 is 1.60 bits per heavy atom. The normalized spacial score (nSPS) is 13.1. The number of carbonyl (C=O) groups excluding carboxylic acids is 3.